The van der Waals surface area contributed by atoms with Crippen LogP contribution in [0.15, 0.2) is 6.07 Å². The largest absolute Gasteiger partial charge is 0.236 e. The Kier molecular flexibility index (Phi) is 3.68. The van der Waals surface area contributed by atoms with Crippen LogP contribution in [-0.4, -0.2) is 24.6 Å². The van der Waals surface area contributed by atoms with E-state index in [1.54, 1.807) is 6.07 Å². The van der Waals surface area contributed by atoms with Crippen LogP contribution < -0.4 is 0 Å². The molecule has 1 aromatic rings. The lowest BCUT2D eigenvalue weighted by Gasteiger charge is -2.10. The molecule has 0 spiro atoms. The van der Waals surface area contributed by atoms with Gasteiger partial charge < -0.3 is 0 Å². The van der Waals surface area contributed by atoms with Crippen LogP contribution in [0.5, 0.6) is 0 Å². The third kappa shape index (κ3) is 3.64. The summed E-state index contributed by atoms with van der Waals surface area (Å²) in [6.45, 7) is 0. The van der Waals surface area contributed by atoms with Crippen molar-refractivity contribution in [3.8, 4) is 0 Å². The predicted octanol–water partition coefficient (Wildman–Crippen LogP) is 2.33. The lowest BCUT2D eigenvalue weighted by atomic mass is 10.0. The molecular weight excluding hydrogens is 260 g/mol. The minimum atomic E-state index is -3.12. The van der Waals surface area contributed by atoms with Crippen molar-refractivity contribution in [3.05, 3.63) is 22.7 Å². The molecule has 4 nitrogen and oxygen atoms in total. The Bertz CT molecular complexity index is 510. The van der Waals surface area contributed by atoms with Crippen molar-refractivity contribution >= 4 is 21.4 Å². The number of rotatable bonds is 3. The maximum atomic E-state index is 11.2. The number of nitrogens with zero attached hydrogens (tertiary/aromatic N) is 2. The van der Waals surface area contributed by atoms with Gasteiger partial charge in [-0.25, -0.2) is 18.4 Å². The molecule has 0 aliphatic heterocycles. The first-order valence-corrected chi connectivity index (χ1v) is 8.09. The molecule has 0 radical (unpaired) electrons. The number of sulfone groups is 1. The molecule has 0 bridgehead atoms. The molecule has 0 aromatic carbocycles. The SMILES string of the molecule is CS(=O)(=O)Cc1nc(Cl)cc(C2CCCC2)n1. The molecule has 1 aliphatic rings. The van der Waals surface area contributed by atoms with Crippen molar-refractivity contribution in [2.75, 3.05) is 6.26 Å². The van der Waals surface area contributed by atoms with Crippen LogP contribution in [0.25, 0.3) is 0 Å². The highest BCUT2D eigenvalue weighted by atomic mass is 35.5. The van der Waals surface area contributed by atoms with Crippen LogP contribution in [-0.2, 0) is 15.6 Å². The van der Waals surface area contributed by atoms with E-state index in [0.29, 0.717) is 16.9 Å². The molecular formula is C11H15ClN2O2S. The van der Waals surface area contributed by atoms with Crippen LogP contribution in [0.4, 0.5) is 0 Å². The van der Waals surface area contributed by atoms with Crippen LogP contribution in [0.3, 0.4) is 0 Å². The standard InChI is InChI=1S/C11H15ClN2O2S/c1-17(15,16)7-11-13-9(6-10(12)14-11)8-4-2-3-5-8/h6,8H,2-5,7H2,1H3. The smallest absolute Gasteiger partial charge is 0.154 e. The summed E-state index contributed by atoms with van der Waals surface area (Å²) in [6.07, 6.45) is 5.78. The Morgan fingerprint density at radius 1 is 1.35 bits per heavy atom. The fraction of sp³-hybridized carbons (Fsp3) is 0.636. The summed E-state index contributed by atoms with van der Waals surface area (Å²) in [7, 11) is -3.12. The van der Waals surface area contributed by atoms with E-state index in [1.165, 1.54) is 19.1 Å². The first kappa shape index (κ1) is 12.8. The fourth-order valence-corrected chi connectivity index (χ4v) is 3.02. The monoisotopic (exact) mass is 274 g/mol. The molecule has 1 fully saturated rings. The Morgan fingerprint density at radius 3 is 2.59 bits per heavy atom. The zero-order valence-corrected chi connectivity index (χ0v) is 11.3. The number of halogens is 1. The highest BCUT2D eigenvalue weighted by molar-refractivity contribution is 7.89. The summed E-state index contributed by atoms with van der Waals surface area (Å²) in [5.74, 6) is 0.573. The molecule has 1 saturated carbocycles. The maximum Gasteiger partial charge on any atom is 0.154 e. The van der Waals surface area contributed by atoms with Crippen molar-refractivity contribution in [2.24, 2.45) is 0 Å². The quantitative estimate of drug-likeness (QED) is 0.794. The molecule has 0 atom stereocenters. The summed E-state index contributed by atoms with van der Waals surface area (Å²) in [4.78, 5) is 8.29. The molecule has 6 heteroatoms. The summed E-state index contributed by atoms with van der Waals surface area (Å²) in [5.41, 5.74) is 0.890. The molecule has 0 unspecified atom stereocenters. The maximum absolute atomic E-state index is 11.2. The first-order chi connectivity index (χ1) is 7.94. The second-order valence-corrected chi connectivity index (χ2v) is 7.11. The summed E-state index contributed by atoms with van der Waals surface area (Å²) in [5, 5.41) is 0.334. The number of hydrogen-bond donors (Lipinski definition) is 0. The Hall–Kier alpha value is -0.680. The zero-order valence-electron chi connectivity index (χ0n) is 9.69. The molecule has 0 amide bonds. The highest BCUT2D eigenvalue weighted by Crippen LogP contribution is 2.33. The van der Waals surface area contributed by atoms with E-state index in [-0.39, 0.29) is 5.75 Å². The van der Waals surface area contributed by atoms with Crippen LogP contribution in [0, 0.1) is 0 Å². The van der Waals surface area contributed by atoms with Gasteiger partial charge in [0, 0.05) is 17.9 Å². The third-order valence-corrected chi connectivity index (χ3v) is 3.90. The second-order valence-electron chi connectivity index (χ2n) is 4.58. The van der Waals surface area contributed by atoms with Crippen molar-refractivity contribution < 1.29 is 8.42 Å². The predicted molar refractivity (Wildman–Crippen MR) is 66.8 cm³/mol. The topological polar surface area (TPSA) is 59.9 Å². The van der Waals surface area contributed by atoms with Gasteiger partial charge in [0.05, 0.1) is 0 Å². The van der Waals surface area contributed by atoms with E-state index in [1.807, 2.05) is 0 Å². The van der Waals surface area contributed by atoms with Crippen LogP contribution >= 0.6 is 11.6 Å². The molecule has 1 aromatic heterocycles. The van der Waals surface area contributed by atoms with Gasteiger partial charge in [0.15, 0.2) is 9.84 Å². The lowest BCUT2D eigenvalue weighted by Crippen LogP contribution is -2.08. The Morgan fingerprint density at radius 2 is 2.00 bits per heavy atom. The lowest BCUT2D eigenvalue weighted by molar-refractivity contribution is 0.599. The van der Waals surface area contributed by atoms with Gasteiger partial charge in [0.25, 0.3) is 0 Å². The van der Waals surface area contributed by atoms with E-state index in [9.17, 15) is 8.42 Å². The van der Waals surface area contributed by atoms with E-state index in [2.05, 4.69) is 9.97 Å². The van der Waals surface area contributed by atoms with Crippen molar-refractivity contribution in [1.29, 1.82) is 0 Å². The highest BCUT2D eigenvalue weighted by Gasteiger charge is 2.20. The van der Waals surface area contributed by atoms with Gasteiger partial charge in [0.1, 0.15) is 16.7 Å². The van der Waals surface area contributed by atoms with Crippen molar-refractivity contribution in [2.45, 2.75) is 37.4 Å². The van der Waals surface area contributed by atoms with Gasteiger partial charge in [-0.05, 0) is 18.9 Å². The van der Waals surface area contributed by atoms with E-state index in [4.69, 9.17) is 11.6 Å². The third-order valence-electron chi connectivity index (χ3n) is 2.93. The second kappa shape index (κ2) is 4.90. The Balaban J connectivity index is 2.28. The van der Waals surface area contributed by atoms with Gasteiger partial charge in [-0.3, -0.25) is 0 Å². The van der Waals surface area contributed by atoms with Gasteiger partial charge in [-0.2, -0.15) is 0 Å². The molecule has 1 aliphatic carbocycles. The summed E-state index contributed by atoms with van der Waals surface area (Å²) >= 11 is 5.91. The van der Waals surface area contributed by atoms with Gasteiger partial charge in [0.2, 0.25) is 0 Å². The number of hydrogen-bond acceptors (Lipinski definition) is 4. The van der Waals surface area contributed by atoms with Crippen molar-refractivity contribution in [1.82, 2.24) is 9.97 Å². The minimum absolute atomic E-state index is 0.146. The van der Waals surface area contributed by atoms with Crippen LogP contribution in [0.1, 0.15) is 43.1 Å². The molecule has 2 rings (SSSR count). The van der Waals surface area contributed by atoms with Gasteiger partial charge in [-0.1, -0.05) is 24.4 Å². The zero-order chi connectivity index (χ0) is 12.5. The molecule has 94 valence electrons. The van der Waals surface area contributed by atoms with Crippen molar-refractivity contribution in [3.63, 3.8) is 0 Å². The molecule has 0 N–H and O–H groups in total. The van der Waals surface area contributed by atoms with Gasteiger partial charge >= 0.3 is 0 Å². The normalized spacial score (nSPS) is 17.5. The van der Waals surface area contributed by atoms with E-state index < -0.39 is 9.84 Å². The minimum Gasteiger partial charge on any atom is -0.236 e. The average Bonchev–Trinajstić information content (AvgIpc) is 2.65. The first-order valence-electron chi connectivity index (χ1n) is 5.65. The number of aromatic nitrogens is 2. The van der Waals surface area contributed by atoms with E-state index in [0.717, 1.165) is 18.5 Å². The average molecular weight is 275 g/mol. The van der Waals surface area contributed by atoms with E-state index >= 15 is 0 Å². The molecule has 0 saturated heterocycles. The molecule has 1 heterocycles. The summed E-state index contributed by atoms with van der Waals surface area (Å²) < 4.78 is 22.4. The fourth-order valence-electron chi connectivity index (χ4n) is 2.21. The van der Waals surface area contributed by atoms with Crippen LogP contribution in [0.2, 0.25) is 5.15 Å². The van der Waals surface area contributed by atoms with Gasteiger partial charge in [-0.15, -0.1) is 0 Å². The Labute approximate surface area is 106 Å². The summed E-state index contributed by atoms with van der Waals surface area (Å²) in [6, 6.07) is 1.75. The molecule has 17 heavy (non-hydrogen) atoms.